The Kier molecular flexibility index (Phi) is 7.50. The van der Waals surface area contributed by atoms with Crippen molar-refractivity contribution < 1.29 is 23.1 Å². The lowest BCUT2D eigenvalue weighted by molar-refractivity contribution is -0.129. The lowest BCUT2D eigenvalue weighted by Gasteiger charge is -2.33. The van der Waals surface area contributed by atoms with Gasteiger partial charge in [0.25, 0.3) is 0 Å². The van der Waals surface area contributed by atoms with Crippen LogP contribution in [0.3, 0.4) is 0 Å². The van der Waals surface area contributed by atoms with Crippen LogP contribution in [0.2, 0.25) is 0 Å². The van der Waals surface area contributed by atoms with Crippen LogP contribution in [-0.4, -0.2) is 33.7 Å². The standard InChI is InChI=1S/C28H25F2N3O3S/c29-27(30)36-21-15-13-20(14-16-21)32-28-33(23-12-6-8-18-7-4-5-11-22(18)23)26(35)24(37-28)17-25(34)31-19-9-2-1-3-10-19/h1-5,7,9-11,13-16,23-24,27H,6,8,12,17H2,(H,31,34)/t23-,24-/m0/s1. The molecule has 0 spiro atoms. The molecule has 3 aromatic carbocycles. The van der Waals surface area contributed by atoms with Gasteiger partial charge in [-0.15, -0.1) is 0 Å². The summed E-state index contributed by atoms with van der Waals surface area (Å²) in [6, 6.07) is 23.0. The van der Waals surface area contributed by atoms with Gasteiger partial charge in [-0.05, 0) is 66.8 Å². The number of rotatable bonds is 7. The molecule has 1 N–H and O–H groups in total. The third-order valence-electron chi connectivity index (χ3n) is 6.33. The number of benzene rings is 3. The van der Waals surface area contributed by atoms with E-state index in [2.05, 4.69) is 16.1 Å². The van der Waals surface area contributed by atoms with Crippen LogP contribution >= 0.6 is 11.8 Å². The number of halogens is 2. The first-order valence-electron chi connectivity index (χ1n) is 12.0. The molecule has 2 atom stereocenters. The van der Waals surface area contributed by atoms with E-state index < -0.39 is 11.9 Å². The Morgan fingerprint density at radius 2 is 1.78 bits per heavy atom. The number of para-hydroxylation sites is 1. The van der Waals surface area contributed by atoms with E-state index in [0.29, 0.717) is 16.5 Å². The highest BCUT2D eigenvalue weighted by atomic mass is 32.2. The van der Waals surface area contributed by atoms with E-state index in [9.17, 15) is 18.4 Å². The molecule has 0 aromatic heterocycles. The van der Waals surface area contributed by atoms with Crippen molar-refractivity contribution in [2.24, 2.45) is 4.99 Å². The van der Waals surface area contributed by atoms with E-state index in [1.54, 1.807) is 29.2 Å². The van der Waals surface area contributed by atoms with Crippen LogP contribution < -0.4 is 10.1 Å². The van der Waals surface area contributed by atoms with Crippen molar-refractivity contribution in [2.75, 3.05) is 5.32 Å². The monoisotopic (exact) mass is 521 g/mol. The Morgan fingerprint density at radius 3 is 2.54 bits per heavy atom. The number of fused-ring (bicyclic) bond motifs is 1. The number of alkyl halides is 2. The van der Waals surface area contributed by atoms with Crippen LogP contribution in [-0.2, 0) is 16.0 Å². The van der Waals surface area contributed by atoms with Gasteiger partial charge in [-0.25, -0.2) is 4.99 Å². The Labute approximate surface area is 217 Å². The summed E-state index contributed by atoms with van der Waals surface area (Å²) in [4.78, 5) is 32.9. The second kappa shape index (κ2) is 11.1. The number of amidine groups is 1. The molecular formula is C28H25F2N3O3S. The second-order valence-electron chi connectivity index (χ2n) is 8.81. The maximum absolute atomic E-state index is 13.7. The van der Waals surface area contributed by atoms with Crippen molar-refractivity contribution in [3.05, 3.63) is 90.0 Å². The summed E-state index contributed by atoms with van der Waals surface area (Å²) in [5.74, 6) is -0.385. The van der Waals surface area contributed by atoms with Gasteiger partial charge in [0.05, 0.1) is 11.7 Å². The minimum Gasteiger partial charge on any atom is -0.435 e. The summed E-state index contributed by atoms with van der Waals surface area (Å²) in [6.07, 6.45) is 2.67. The smallest absolute Gasteiger partial charge is 0.387 e. The van der Waals surface area contributed by atoms with Crippen molar-refractivity contribution in [1.29, 1.82) is 0 Å². The van der Waals surface area contributed by atoms with Crippen LogP contribution in [0.5, 0.6) is 5.75 Å². The number of amides is 2. The summed E-state index contributed by atoms with van der Waals surface area (Å²) in [5, 5.41) is 2.71. The molecule has 0 unspecified atom stereocenters. The average Bonchev–Trinajstić information content (AvgIpc) is 3.19. The maximum atomic E-state index is 13.7. The summed E-state index contributed by atoms with van der Waals surface area (Å²) in [7, 11) is 0. The lowest BCUT2D eigenvalue weighted by atomic mass is 9.87. The number of thioether (sulfide) groups is 1. The summed E-state index contributed by atoms with van der Waals surface area (Å²) < 4.78 is 29.5. The topological polar surface area (TPSA) is 71.0 Å². The van der Waals surface area contributed by atoms with Gasteiger partial charge in [-0.2, -0.15) is 8.78 Å². The number of ether oxygens (including phenoxy) is 1. The zero-order chi connectivity index (χ0) is 25.8. The molecule has 37 heavy (non-hydrogen) atoms. The SMILES string of the molecule is O=C(C[C@@H]1SC(=Nc2ccc(OC(F)F)cc2)N([C@H]2CCCc3ccccc32)C1=O)Nc1ccccc1. The first-order valence-corrected chi connectivity index (χ1v) is 12.9. The van der Waals surface area contributed by atoms with E-state index in [1.807, 2.05) is 36.4 Å². The first kappa shape index (κ1) is 25.0. The fourth-order valence-electron chi connectivity index (χ4n) is 4.69. The second-order valence-corrected chi connectivity index (χ2v) is 9.98. The van der Waals surface area contributed by atoms with E-state index >= 15 is 0 Å². The molecular weight excluding hydrogens is 496 g/mol. The number of aryl methyl sites for hydroxylation is 1. The van der Waals surface area contributed by atoms with Gasteiger partial charge < -0.3 is 10.1 Å². The minimum atomic E-state index is -2.91. The molecule has 1 fully saturated rings. The van der Waals surface area contributed by atoms with Crippen molar-refractivity contribution in [1.82, 2.24) is 4.90 Å². The predicted molar refractivity (Wildman–Crippen MR) is 140 cm³/mol. The van der Waals surface area contributed by atoms with Crippen LogP contribution in [0.1, 0.15) is 36.4 Å². The molecule has 0 radical (unpaired) electrons. The highest BCUT2D eigenvalue weighted by Gasteiger charge is 2.44. The molecule has 3 aromatic rings. The van der Waals surface area contributed by atoms with Crippen LogP contribution in [0.15, 0.2) is 83.9 Å². The highest BCUT2D eigenvalue weighted by Crippen LogP contribution is 2.42. The van der Waals surface area contributed by atoms with Gasteiger partial charge in [0, 0.05) is 12.1 Å². The van der Waals surface area contributed by atoms with Gasteiger partial charge in [0.1, 0.15) is 11.0 Å². The molecule has 0 bridgehead atoms. The van der Waals surface area contributed by atoms with Crippen LogP contribution in [0.25, 0.3) is 0 Å². The number of anilines is 1. The number of aliphatic imine (C=N–C) groups is 1. The van der Waals surface area contributed by atoms with E-state index in [1.165, 1.54) is 29.5 Å². The van der Waals surface area contributed by atoms with Crippen molar-refractivity contribution in [2.45, 2.75) is 43.6 Å². The normalized spacial score (nSPS) is 20.2. The van der Waals surface area contributed by atoms with Crippen molar-refractivity contribution in [3.8, 4) is 5.75 Å². The van der Waals surface area contributed by atoms with Crippen LogP contribution in [0.4, 0.5) is 20.2 Å². The molecule has 0 saturated carbocycles. The Morgan fingerprint density at radius 1 is 1.05 bits per heavy atom. The van der Waals surface area contributed by atoms with Gasteiger partial charge in [0.2, 0.25) is 11.8 Å². The largest absolute Gasteiger partial charge is 0.435 e. The van der Waals surface area contributed by atoms with Gasteiger partial charge in [0.15, 0.2) is 5.17 Å². The Hall–Kier alpha value is -3.72. The molecule has 6 nitrogen and oxygen atoms in total. The molecule has 1 aliphatic carbocycles. The molecule has 190 valence electrons. The molecule has 5 rings (SSSR count). The summed E-state index contributed by atoms with van der Waals surface area (Å²) in [6.45, 7) is -2.91. The van der Waals surface area contributed by atoms with Crippen molar-refractivity contribution in [3.63, 3.8) is 0 Å². The zero-order valence-electron chi connectivity index (χ0n) is 19.8. The van der Waals surface area contributed by atoms with Gasteiger partial charge >= 0.3 is 6.61 Å². The molecule has 1 aliphatic heterocycles. The third-order valence-corrected chi connectivity index (χ3v) is 7.48. The van der Waals surface area contributed by atoms with Gasteiger partial charge in [-0.1, -0.05) is 54.2 Å². The highest BCUT2D eigenvalue weighted by molar-refractivity contribution is 8.15. The van der Waals surface area contributed by atoms with E-state index in [-0.39, 0.29) is 30.0 Å². The Bertz CT molecular complexity index is 1300. The predicted octanol–water partition coefficient (Wildman–Crippen LogP) is 6.33. The average molecular weight is 522 g/mol. The molecule has 9 heteroatoms. The number of carbonyl (C=O) groups excluding carboxylic acids is 2. The fraction of sp³-hybridized carbons (Fsp3) is 0.250. The van der Waals surface area contributed by atoms with E-state index in [0.717, 1.165) is 24.8 Å². The zero-order valence-corrected chi connectivity index (χ0v) is 20.7. The number of hydrogen-bond donors (Lipinski definition) is 1. The first-order chi connectivity index (χ1) is 18.0. The fourth-order valence-corrected chi connectivity index (χ4v) is 5.88. The molecule has 2 aliphatic rings. The number of carbonyl (C=O) groups is 2. The number of nitrogens with zero attached hydrogens (tertiary/aromatic N) is 2. The van der Waals surface area contributed by atoms with E-state index in [4.69, 9.17) is 4.99 Å². The Balaban J connectivity index is 1.43. The molecule has 1 heterocycles. The molecule has 1 saturated heterocycles. The number of hydrogen-bond acceptors (Lipinski definition) is 5. The lowest BCUT2D eigenvalue weighted by Crippen LogP contribution is -2.38. The number of nitrogens with one attached hydrogen (secondary N) is 1. The molecule has 2 amide bonds. The maximum Gasteiger partial charge on any atom is 0.387 e. The van der Waals surface area contributed by atoms with Crippen molar-refractivity contribution >= 4 is 40.1 Å². The van der Waals surface area contributed by atoms with Crippen LogP contribution in [0, 0.1) is 0 Å². The minimum absolute atomic E-state index is 0.00342. The quantitative estimate of drug-likeness (QED) is 0.395. The van der Waals surface area contributed by atoms with Gasteiger partial charge in [-0.3, -0.25) is 14.5 Å². The summed E-state index contributed by atoms with van der Waals surface area (Å²) >= 11 is 1.26. The third kappa shape index (κ3) is 5.83. The summed E-state index contributed by atoms with van der Waals surface area (Å²) in [5.41, 5.74) is 3.46.